The van der Waals surface area contributed by atoms with Crippen molar-refractivity contribution in [3.05, 3.63) is 45.7 Å². The number of likely N-dealkylation sites (N-methyl/N-ethyl adjacent to an activating group) is 1. The zero-order valence-electron chi connectivity index (χ0n) is 22.3. The number of Topliss-reactive ketones (excluding diaryl/α,β-unsaturated/α-hetero) is 3. The number of carbonyl (C=O) groups is 5. The lowest BCUT2D eigenvalue weighted by atomic mass is 9.57. The predicted molar refractivity (Wildman–Crippen MR) is 139 cm³/mol. The molecule has 4 aliphatic rings. The van der Waals surface area contributed by atoms with E-state index < -0.39 is 69.6 Å². The summed E-state index contributed by atoms with van der Waals surface area (Å²) in [6.07, 6.45) is 1.50. The van der Waals surface area contributed by atoms with Crippen LogP contribution in [-0.4, -0.2) is 97.7 Å². The van der Waals surface area contributed by atoms with Crippen LogP contribution in [0.4, 0.5) is 0 Å². The van der Waals surface area contributed by atoms with E-state index in [4.69, 9.17) is 5.73 Å². The first kappa shape index (κ1) is 27.5. The second-order valence-electron chi connectivity index (χ2n) is 11.2. The normalized spacial score (nSPS) is 27.8. The third-order valence-corrected chi connectivity index (χ3v) is 8.61. The SMILES string of the molecule is CC(=O)N(CC(=O)c1ccc(O)c2c1C[C@H]1C[C@H]3[C@H](N(C)C)C(=O)C(C(N)=O)=C(O)[C@@]3(O)C(=O)C1=C2O)C1CC1. The third kappa shape index (κ3) is 3.85. The van der Waals surface area contributed by atoms with Gasteiger partial charge in [0.05, 0.1) is 18.2 Å². The van der Waals surface area contributed by atoms with Gasteiger partial charge < -0.3 is 31.1 Å². The van der Waals surface area contributed by atoms with Crippen LogP contribution in [-0.2, 0) is 25.6 Å². The third-order valence-electron chi connectivity index (χ3n) is 8.61. The van der Waals surface area contributed by atoms with Crippen LogP contribution >= 0.6 is 0 Å². The van der Waals surface area contributed by atoms with Crippen molar-refractivity contribution in [2.75, 3.05) is 20.6 Å². The Balaban J connectivity index is 1.64. The highest BCUT2D eigenvalue weighted by Gasteiger charge is 2.64. The van der Waals surface area contributed by atoms with Gasteiger partial charge in [-0.25, -0.2) is 0 Å². The van der Waals surface area contributed by atoms with E-state index in [9.17, 15) is 44.4 Å². The minimum absolute atomic E-state index is 0.00644. The summed E-state index contributed by atoms with van der Waals surface area (Å²) in [4.78, 5) is 67.6. The van der Waals surface area contributed by atoms with Crippen LogP contribution in [0.25, 0.3) is 5.76 Å². The number of carbonyl (C=O) groups excluding carboxylic acids is 5. The van der Waals surface area contributed by atoms with Crippen LogP contribution < -0.4 is 5.73 Å². The number of hydrogen-bond donors (Lipinski definition) is 5. The zero-order chi connectivity index (χ0) is 29.4. The van der Waals surface area contributed by atoms with Crippen LogP contribution in [0.1, 0.15) is 47.7 Å². The highest BCUT2D eigenvalue weighted by atomic mass is 16.3. The van der Waals surface area contributed by atoms with Gasteiger partial charge in [-0.1, -0.05) is 0 Å². The quantitative estimate of drug-likeness (QED) is 0.239. The fourth-order valence-corrected chi connectivity index (χ4v) is 6.63. The molecule has 40 heavy (non-hydrogen) atoms. The van der Waals surface area contributed by atoms with Crippen molar-refractivity contribution < 1.29 is 44.4 Å². The summed E-state index contributed by atoms with van der Waals surface area (Å²) in [5.41, 5.74) is 1.69. The summed E-state index contributed by atoms with van der Waals surface area (Å²) in [6, 6.07) is 1.39. The average molecular weight is 554 g/mol. The molecule has 5 rings (SSSR count). The summed E-state index contributed by atoms with van der Waals surface area (Å²) in [7, 11) is 3.03. The standard InChI is InChI=1S/C28H31N3O9/c1-11(32)31(13-4-5-13)10-18(34)14-6-7-17(33)20-15(14)8-12-9-16-22(30(2)3)24(36)21(27(29)39)26(38)28(16,40)25(37)19(12)23(20)35/h6-7,12-13,16,22,33,35,38,40H,4-5,8-10H2,1-3H3,(H2,29,39)/t12-,16-,22-,28-/m0/s1. The number of fused-ring (bicyclic) bond motifs is 3. The fourth-order valence-electron chi connectivity index (χ4n) is 6.63. The van der Waals surface area contributed by atoms with E-state index in [0.29, 0.717) is 0 Å². The zero-order valence-corrected chi connectivity index (χ0v) is 22.3. The summed E-state index contributed by atoms with van der Waals surface area (Å²) < 4.78 is 0. The van der Waals surface area contributed by atoms with Crippen molar-refractivity contribution in [2.45, 2.75) is 50.3 Å². The number of rotatable bonds is 6. The molecule has 0 radical (unpaired) electrons. The van der Waals surface area contributed by atoms with E-state index in [1.807, 2.05) is 0 Å². The van der Waals surface area contributed by atoms with Crippen molar-refractivity contribution in [1.29, 1.82) is 0 Å². The minimum atomic E-state index is -2.74. The van der Waals surface area contributed by atoms with Gasteiger partial charge in [-0.15, -0.1) is 0 Å². The Labute approximate surface area is 229 Å². The predicted octanol–water partition coefficient (Wildman–Crippen LogP) is 0.158. The van der Waals surface area contributed by atoms with E-state index in [1.165, 1.54) is 43.0 Å². The smallest absolute Gasteiger partial charge is 0.255 e. The second kappa shape index (κ2) is 9.27. The first-order chi connectivity index (χ1) is 18.7. The Bertz CT molecular complexity index is 1450. The lowest BCUT2D eigenvalue weighted by Gasteiger charge is -2.50. The average Bonchev–Trinajstić information content (AvgIpc) is 3.69. The molecule has 0 aromatic heterocycles. The number of phenolic OH excluding ortho intramolecular Hbond substituents is 1. The molecular formula is C28H31N3O9. The number of benzene rings is 1. The van der Waals surface area contributed by atoms with Crippen molar-refractivity contribution in [3.63, 3.8) is 0 Å². The molecule has 12 nitrogen and oxygen atoms in total. The van der Waals surface area contributed by atoms with Crippen molar-refractivity contribution in [1.82, 2.24) is 9.80 Å². The number of nitrogens with zero attached hydrogens (tertiary/aromatic N) is 2. The molecule has 212 valence electrons. The molecule has 0 saturated heterocycles. The largest absolute Gasteiger partial charge is 0.508 e. The number of aliphatic hydroxyl groups excluding tert-OH is 2. The molecule has 4 aliphatic carbocycles. The second-order valence-corrected chi connectivity index (χ2v) is 11.2. The van der Waals surface area contributed by atoms with Gasteiger partial charge in [0.15, 0.2) is 17.2 Å². The molecule has 4 atom stereocenters. The number of phenols is 1. The number of hydrogen-bond acceptors (Lipinski definition) is 10. The van der Waals surface area contributed by atoms with Crippen LogP contribution in [0.3, 0.4) is 0 Å². The Morgan fingerprint density at radius 3 is 2.30 bits per heavy atom. The lowest BCUT2D eigenvalue weighted by Crippen LogP contribution is -2.65. The van der Waals surface area contributed by atoms with E-state index in [0.717, 1.165) is 12.8 Å². The van der Waals surface area contributed by atoms with Gasteiger partial charge in [-0.2, -0.15) is 0 Å². The van der Waals surface area contributed by atoms with Gasteiger partial charge in [-0.3, -0.25) is 28.9 Å². The molecule has 12 heteroatoms. The molecule has 0 unspecified atom stereocenters. The van der Waals surface area contributed by atoms with E-state index in [-0.39, 0.29) is 53.6 Å². The van der Waals surface area contributed by atoms with Gasteiger partial charge in [0.25, 0.3) is 5.91 Å². The number of primary amides is 1. The van der Waals surface area contributed by atoms with Crippen molar-refractivity contribution in [3.8, 4) is 5.75 Å². The van der Waals surface area contributed by atoms with Crippen molar-refractivity contribution >= 4 is 34.9 Å². The van der Waals surface area contributed by atoms with Crippen LogP contribution in [0.15, 0.2) is 29.0 Å². The summed E-state index contributed by atoms with van der Waals surface area (Å²) in [6.45, 7) is 1.19. The lowest BCUT2D eigenvalue weighted by molar-refractivity contribution is -0.153. The molecule has 0 heterocycles. The Morgan fingerprint density at radius 2 is 1.75 bits per heavy atom. The number of aromatic hydroxyl groups is 1. The number of aliphatic hydroxyl groups is 3. The van der Waals surface area contributed by atoms with E-state index in [1.54, 1.807) is 0 Å². The maximum absolute atomic E-state index is 13.9. The van der Waals surface area contributed by atoms with Gasteiger partial charge in [0, 0.05) is 30.0 Å². The highest BCUT2D eigenvalue weighted by Crippen LogP contribution is 2.53. The van der Waals surface area contributed by atoms with Gasteiger partial charge in [0.2, 0.25) is 11.7 Å². The molecule has 2 amide bonds. The summed E-state index contributed by atoms with van der Waals surface area (Å²) in [5, 5.41) is 44.6. The van der Waals surface area contributed by atoms with Gasteiger partial charge in [0.1, 0.15) is 22.8 Å². The Hall–Kier alpha value is -4.03. The highest BCUT2D eigenvalue weighted by molar-refractivity contribution is 6.24. The fraction of sp³-hybridized carbons (Fsp3) is 0.464. The number of amides is 2. The Kier molecular flexibility index (Phi) is 6.38. The molecule has 0 aliphatic heterocycles. The van der Waals surface area contributed by atoms with Crippen LogP contribution in [0.2, 0.25) is 0 Å². The molecular weight excluding hydrogens is 522 g/mol. The van der Waals surface area contributed by atoms with Crippen molar-refractivity contribution in [2.24, 2.45) is 17.6 Å². The van der Waals surface area contributed by atoms with E-state index >= 15 is 0 Å². The van der Waals surface area contributed by atoms with Gasteiger partial charge >= 0.3 is 0 Å². The molecule has 6 N–H and O–H groups in total. The van der Waals surface area contributed by atoms with Gasteiger partial charge in [-0.05, 0) is 63.4 Å². The minimum Gasteiger partial charge on any atom is -0.508 e. The maximum atomic E-state index is 13.9. The first-order valence-corrected chi connectivity index (χ1v) is 13.0. The number of ketones is 3. The number of nitrogens with two attached hydrogens (primary N) is 1. The molecule has 2 saturated carbocycles. The topological polar surface area (TPSA) is 199 Å². The Morgan fingerprint density at radius 1 is 1.10 bits per heavy atom. The van der Waals surface area contributed by atoms with Crippen LogP contribution in [0.5, 0.6) is 5.75 Å². The first-order valence-electron chi connectivity index (χ1n) is 13.0. The maximum Gasteiger partial charge on any atom is 0.255 e. The molecule has 1 aromatic carbocycles. The molecule has 0 spiro atoms. The summed E-state index contributed by atoms with van der Waals surface area (Å²) >= 11 is 0. The molecule has 0 bridgehead atoms. The van der Waals surface area contributed by atoms with E-state index in [2.05, 4.69) is 0 Å². The summed E-state index contributed by atoms with van der Waals surface area (Å²) in [5.74, 6) is -8.20. The monoisotopic (exact) mass is 553 g/mol. The molecule has 1 aromatic rings. The molecule has 2 fully saturated rings. The van der Waals surface area contributed by atoms with Crippen LogP contribution in [0, 0.1) is 11.8 Å².